The van der Waals surface area contributed by atoms with Gasteiger partial charge in [-0.25, -0.2) is 14.6 Å². The molecule has 7 heteroatoms. The van der Waals surface area contributed by atoms with Crippen LogP contribution in [0.4, 0.5) is 11.5 Å². The number of rotatable bonds is 6. The van der Waals surface area contributed by atoms with Crippen LogP contribution in [-0.2, 0) is 6.61 Å². The predicted molar refractivity (Wildman–Crippen MR) is 122 cm³/mol. The number of ether oxygens (including phenoxy) is 1. The molecule has 3 aromatic carbocycles. The fourth-order valence-electron chi connectivity index (χ4n) is 3.25. The summed E-state index contributed by atoms with van der Waals surface area (Å²) in [4.78, 5) is 8.80. The molecular weight excluding hydrogens is 410 g/mol. The second kappa shape index (κ2) is 8.45. The van der Waals surface area contributed by atoms with Crippen molar-refractivity contribution in [2.75, 3.05) is 5.32 Å². The molecule has 5 rings (SSSR count). The molecule has 2 heterocycles. The van der Waals surface area contributed by atoms with Gasteiger partial charge in [0.2, 0.25) is 0 Å². The van der Waals surface area contributed by atoms with E-state index in [0.717, 1.165) is 28.1 Å². The van der Waals surface area contributed by atoms with Crippen LogP contribution < -0.4 is 10.1 Å². The maximum atomic E-state index is 6.13. The topological polar surface area (TPSA) is 64.9 Å². The van der Waals surface area contributed by atoms with Gasteiger partial charge in [0, 0.05) is 10.7 Å². The lowest BCUT2D eigenvalue weighted by Gasteiger charge is -2.09. The fourth-order valence-corrected chi connectivity index (χ4v) is 3.44. The molecule has 0 aliphatic rings. The molecule has 6 nitrogen and oxygen atoms in total. The van der Waals surface area contributed by atoms with Crippen LogP contribution in [0.5, 0.6) is 5.75 Å². The van der Waals surface area contributed by atoms with Crippen LogP contribution in [0.3, 0.4) is 0 Å². The van der Waals surface area contributed by atoms with Crippen LogP contribution in [0.15, 0.2) is 91.4 Å². The molecular formula is C24H18ClN5O. The molecule has 0 bridgehead atoms. The summed E-state index contributed by atoms with van der Waals surface area (Å²) in [6.45, 7) is 0.531. The molecule has 0 amide bonds. The number of hydrogen-bond acceptors (Lipinski definition) is 5. The third kappa shape index (κ3) is 4.20. The van der Waals surface area contributed by atoms with E-state index in [1.165, 1.54) is 6.33 Å². The normalized spacial score (nSPS) is 10.9. The summed E-state index contributed by atoms with van der Waals surface area (Å²) in [5.41, 5.74) is 3.56. The third-order valence-corrected chi connectivity index (χ3v) is 5.02. The van der Waals surface area contributed by atoms with Gasteiger partial charge in [0.15, 0.2) is 5.65 Å². The molecule has 0 unspecified atom stereocenters. The molecule has 5 aromatic rings. The van der Waals surface area contributed by atoms with Gasteiger partial charge in [-0.05, 0) is 48.0 Å². The quantitative estimate of drug-likeness (QED) is 0.371. The van der Waals surface area contributed by atoms with Crippen molar-refractivity contribution in [3.63, 3.8) is 0 Å². The average molecular weight is 428 g/mol. The maximum absolute atomic E-state index is 6.13. The van der Waals surface area contributed by atoms with Crippen LogP contribution in [0.2, 0.25) is 5.02 Å². The van der Waals surface area contributed by atoms with E-state index < -0.39 is 0 Å². The van der Waals surface area contributed by atoms with E-state index >= 15 is 0 Å². The fraction of sp³-hybridized carbons (Fsp3) is 0.0417. The zero-order valence-corrected chi connectivity index (χ0v) is 17.2. The Kier molecular flexibility index (Phi) is 5.21. The SMILES string of the molecule is Clc1cccc(-n2ncc3c(Nc4ccc(OCc5ccccc5)cc4)ncnc32)c1. The molecule has 31 heavy (non-hydrogen) atoms. The van der Waals surface area contributed by atoms with Crippen molar-refractivity contribution in [3.05, 3.63) is 102 Å². The van der Waals surface area contributed by atoms with Crippen molar-refractivity contribution >= 4 is 34.1 Å². The first-order valence-electron chi connectivity index (χ1n) is 9.75. The van der Waals surface area contributed by atoms with Crippen molar-refractivity contribution in [2.24, 2.45) is 0 Å². The minimum absolute atomic E-state index is 0.531. The standard InChI is InChI=1S/C24H18ClN5O/c25-18-7-4-8-20(13-18)30-24-22(14-28-30)23(26-16-27-24)29-19-9-11-21(12-10-19)31-15-17-5-2-1-3-6-17/h1-14,16H,15H2,(H,26,27,29). The number of fused-ring (bicyclic) bond motifs is 1. The lowest BCUT2D eigenvalue weighted by atomic mass is 10.2. The van der Waals surface area contributed by atoms with Crippen LogP contribution in [-0.4, -0.2) is 19.7 Å². The number of hydrogen-bond donors (Lipinski definition) is 1. The van der Waals surface area contributed by atoms with E-state index in [9.17, 15) is 0 Å². The Morgan fingerprint density at radius 3 is 2.55 bits per heavy atom. The second-order valence-electron chi connectivity index (χ2n) is 6.92. The molecule has 0 saturated heterocycles. The van der Waals surface area contributed by atoms with E-state index in [4.69, 9.17) is 16.3 Å². The van der Waals surface area contributed by atoms with Gasteiger partial charge < -0.3 is 10.1 Å². The highest BCUT2D eigenvalue weighted by molar-refractivity contribution is 6.30. The van der Waals surface area contributed by atoms with Crippen LogP contribution in [0.1, 0.15) is 5.56 Å². The molecule has 2 aromatic heterocycles. The summed E-state index contributed by atoms with van der Waals surface area (Å²) < 4.78 is 7.60. The molecule has 0 atom stereocenters. The first kappa shape index (κ1) is 19.1. The highest BCUT2D eigenvalue weighted by Crippen LogP contribution is 2.26. The van der Waals surface area contributed by atoms with Crippen molar-refractivity contribution in [2.45, 2.75) is 6.61 Å². The smallest absolute Gasteiger partial charge is 0.168 e. The summed E-state index contributed by atoms with van der Waals surface area (Å²) in [7, 11) is 0. The Balaban J connectivity index is 1.35. The number of benzene rings is 3. The highest BCUT2D eigenvalue weighted by atomic mass is 35.5. The number of nitrogens with one attached hydrogen (secondary N) is 1. The van der Waals surface area contributed by atoms with Gasteiger partial charge in [-0.2, -0.15) is 5.10 Å². The largest absolute Gasteiger partial charge is 0.489 e. The van der Waals surface area contributed by atoms with Crippen LogP contribution in [0, 0.1) is 0 Å². The number of aromatic nitrogens is 4. The third-order valence-electron chi connectivity index (χ3n) is 4.78. The summed E-state index contributed by atoms with van der Waals surface area (Å²) in [6.07, 6.45) is 3.26. The summed E-state index contributed by atoms with van der Waals surface area (Å²) >= 11 is 6.13. The van der Waals surface area contributed by atoms with Gasteiger partial charge in [0.25, 0.3) is 0 Å². The minimum atomic E-state index is 0.531. The Bertz CT molecular complexity index is 1320. The predicted octanol–water partition coefficient (Wildman–Crippen LogP) is 5.79. The molecule has 152 valence electrons. The Morgan fingerprint density at radius 2 is 1.74 bits per heavy atom. The maximum Gasteiger partial charge on any atom is 0.168 e. The second-order valence-corrected chi connectivity index (χ2v) is 7.36. The van der Waals surface area contributed by atoms with Gasteiger partial charge in [-0.1, -0.05) is 48.0 Å². The van der Waals surface area contributed by atoms with Gasteiger partial charge in [0.05, 0.1) is 17.3 Å². The molecule has 0 aliphatic carbocycles. The lowest BCUT2D eigenvalue weighted by molar-refractivity contribution is 0.306. The lowest BCUT2D eigenvalue weighted by Crippen LogP contribution is -1.99. The van der Waals surface area contributed by atoms with E-state index in [-0.39, 0.29) is 0 Å². The molecule has 0 radical (unpaired) electrons. The zero-order valence-electron chi connectivity index (χ0n) is 16.4. The molecule has 0 aliphatic heterocycles. The number of nitrogens with zero attached hydrogens (tertiary/aromatic N) is 4. The van der Waals surface area contributed by atoms with Crippen LogP contribution in [0.25, 0.3) is 16.7 Å². The summed E-state index contributed by atoms with van der Waals surface area (Å²) in [5.74, 6) is 1.48. The van der Waals surface area contributed by atoms with Crippen molar-refractivity contribution in [1.82, 2.24) is 19.7 Å². The Labute approximate surface area is 184 Å². The van der Waals surface area contributed by atoms with E-state index in [2.05, 4.69) is 20.4 Å². The van der Waals surface area contributed by atoms with Gasteiger partial charge in [-0.3, -0.25) is 0 Å². The number of halogens is 1. The van der Waals surface area contributed by atoms with Gasteiger partial charge in [0.1, 0.15) is 24.5 Å². The molecule has 1 N–H and O–H groups in total. The van der Waals surface area contributed by atoms with Gasteiger partial charge in [-0.15, -0.1) is 0 Å². The minimum Gasteiger partial charge on any atom is -0.489 e. The van der Waals surface area contributed by atoms with E-state index in [1.54, 1.807) is 10.9 Å². The average Bonchev–Trinajstić information content (AvgIpc) is 3.25. The van der Waals surface area contributed by atoms with E-state index in [0.29, 0.717) is 23.1 Å². The summed E-state index contributed by atoms with van der Waals surface area (Å²) in [5, 5.41) is 9.26. The van der Waals surface area contributed by atoms with E-state index in [1.807, 2.05) is 78.9 Å². The van der Waals surface area contributed by atoms with Crippen molar-refractivity contribution in [1.29, 1.82) is 0 Å². The summed E-state index contributed by atoms with van der Waals surface area (Å²) in [6, 6.07) is 25.3. The first-order chi connectivity index (χ1) is 15.3. The Hall–Kier alpha value is -3.90. The van der Waals surface area contributed by atoms with Gasteiger partial charge >= 0.3 is 0 Å². The van der Waals surface area contributed by atoms with Crippen molar-refractivity contribution < 1.29 is 4.74 Å². The first-order valence-corrected chi connectivity index (χ1v) is 10.1. The Morgan fingerprint density at radius 1 is 0.903 bits per heavy atom. The van der Waals surface area contributed by atoms with Crippen LogP contribution >= 0.6 is 11.6 Å². The highest BCUT2D eigenvalue weighted by Gasteiger charge is 2.11. The van der Waals surface area contributed by atoms with Crippen molar-refractivity contribution in [3.8, 4) is 11.4 Å². The molecule has 0 spiro atoms. The molecule has 0 fully saturated rings. The number of anilines is 2. The molecule has 0 saturated carbocycles. The monoisotopic (exact) mass is 427 g/mol. The zero-order chi connectivity index (χ0) is 21.0.